The summed E-state index contributed by atoms with van der Waals surface area (Å²) in [6, 6.07) is -1.02. The van der Waals surface area contributed by atoms with Crippen LogP contribution in [0.15, 0.2) is 0 Å². The molecule has 1 saturated heterocycles. The molecule has 4 unspecified atom stereocenters. The van der Waals surface area contributed by atoms with Crippen molar-refractivity contribution < 1.29 is 41.2 Å². The Morgan fingerprint density at radius 2 is 1.75 bits per heavy atom. The highest BCUT2D eigenvalue weighted by Gasteiger charge is 2.85. The van der Waals surface area contributed by atoms with E-state index in [2.05, 4.69) is 0 Å². The minimum absolute atomic E-state index is 0.273. The smallest absolute Gasteiger partial charge is 0.454 e. The van der Waals surface area contributed by atoms with Crippen LogP contribution in [0, 0.1) is 5.92 Å². The van der Waals surface area contributed by atoms with Crippen molar-refractivity contribution in [3.63, 3.8) is 0 Å². The molecule has 116 valence electrons. The molecule has 2 aliphatic rings. The number of alkyl halides is 7. The van der Waals surface area contributed by atoms with Crippen LogP contribution in [0.2, 0.25) is 0 Å². The lowest BCUT2D eigenvalue weighted by Gasteiger charge is -2.41. The number of carbonyl (C=O) groups is 1. The van der Waals surface area contributed by atoms with Gasteiger partial charge in [0.2, 0.25) is 0 Å². The molecule has 1 saturated carbocycles. The zero-order valence-corrected chi connectivity index (χ0v) is 12.2. The second kappa shape index (κ2) is 4.62. The predicted molar refractivity (Wildman–Crippen MR) is 62.0 cm³/mol. The third kappa shape index (κ3) is 2.09. The first kappa shape index (κ1) is 16.1. The van der Waals surface area contributed by atoms with Gasteiger partial charge < -0.3 is 10.1 Å². The summed E-state index contributed by atoms with van der Waals surface area (Å²) >= 11 is 1.53. The molecule has 2 fully saturated rings. The minimum atomic E-state index is -5.41. The first-order valence-corrected chi connectivity index (χ1v) is 6.97. The molecule has 3 nitrogen and oxygen atoms in total. The van der Waals surface area contributed by atoms with Crippen molar-refractivity contribution in [1.29, 1.82) is 0 Å². The van der Waals surface area contributed by atoms with E-state index in [9.17, 15) is 31.1 Å². The van der Waals surface area contributed by atoms with Crippen LogP contribution in [0.4, 0.5) is 26.3 Å². The highest BCUT2D eigenvalue weighted by Crippen LogP contribution is 2.55. The number of piperidine rings is 1. The summed E-state index contributed by atoms with van der Waals surface area (Å²) in [6.45, 7) is 1.08. The Morgan fingerprint density at radius 3 is 2.10 bits per heavy atom. The van der Waals surface area contributed by atoms with Gasteiger partial charge in [0.25, 0.3) is 5.54 Å². The Bertz CT molecular complexity index is 407. The van der Waals surface area contributed by atoms with Gasteiger partial charge in [0.1, 0.15) is 6.04 Å². The molecule has 2 N–H and O–H groups in total. The van der Waals surface area contributed by atoms with Gasteiger partial charge in [-0.15, -0.1) is 0 Å². The second-order valence-corrected chi connectivity index (χ2v) is 6.49. The number of halogens is 7. The number of hydrogen-bond donors (Lipinski definition) is 1. The minimum Gasteiger partial charge on any atom is -0.455 e. The molecule has 2 rings (SSSR count). The van der Waals surface area contributed by atoms with E-state index in [0.29, 0.717) is 5.32 Å². The molecule has 20 heavy (non-hydrogen) atoms. The van der Waals surface area contributed by atoms with Gasteiger partial charge in [-0.25, -0.2) is 0 Å². The highest BCUT2D eigenvalue weighted by molar-refractivity contribution is 14.1. The molecule has 1 aliphatic carbocycles. The Balaban J connectivity index is 2.37. The lowest BCUT2D eigenvalue weighted by Crippen LogP contribution is -3.08. The van der Waals surface area contributed by atoms with Crippen molar-refractivity contribution >= 4 is 28.6 Å². The number of rotatable bonds is 1. The fourth-order valence-corrected chi connectivity index (χ4v) is 4.74. The molecule has 10 heteroatoms. The van der Waals surface area contributed by atoms with Crippen LogP contribution in [-0.4, -0.2) is 39.9 Å². The van der Waals surface area contributed by atoms with Crippen molar-refractivity contribution in [2.45, 2.75) is 47.3 Å². The van der Waals surface area contributed by atoms with E-state index in [0.717, 1.165) is 6.92 Å². The Hall–Kier alpha value is -0.260. The Morgan fingerprint density at radius 1 is 1.25 bits per heavy atom. The standard InChI is InChI=1S/C10H10F6INO2/c1-3(19)20-7-5-2-4(6(7)17)8(18-5,9(11,12)13)10(14,15)16/h4-7,18H,2H2,1H3/p+1. The van der Waals surface area contributed by atoms with Crippen molar-refractivity contribution in [2.75, 3.05) is 0 Å². The highest BCUT2D eigenvalue weighted by atomic mass is 127. The molecule has 0 radical (unpaired) electrons. The van der Waals surface area contributed by atoms with Crippen LogP contribution < -0.4 is 5.32 Å². The van der Waals surface area contributed by atoms with Crippen LogP contribution in [0.5, 0.6) is 0 Å². The number of esters is 1. The van der Waals surface area contributed by atoms with Crippen LogP contribution in [0.25, 0.3) is 0 Å². The summed E-state index contributed by atoms with van der Waals surface area (Å²) in [5, 5.41) is 0.292. The maximum Gasteiger partial charge on any atom is 0.454 e. The van der Waals surface area contributed by atoms with Gasteiger partial charge in [0, 0.05) is 13.3 Å². The lowest BCUT2D eigenvalue weighted by molar-refractivity contribution is -0.799. The summed E-state index contributed by atoms with van der Waals surface area (Å²) in [4.78, 5) is 10.9. The van der Waals surface area contributed by atoms with Crippen molar-refractivity contribution in [1.82, 2.24) is 0 Å². The number of fused-ring (bicyclic) bond motifs is 2. The molecule has 0 spiro atoms. The number of ether oxygens (including phenoxy) is 1. The molecule has 1 aliphatic heterocycles. The average molecular weight is 418 g/mol. The average Bonchev–Trinajstić information content (AvgIpc) is 2.74. The Labute approximate surface area is 123 Å². The van der Waals surface area contributed by atoms with Gasteiger partial charge in [-0.3, -0.25) is 4.79 Å². The van der Waals surface area contributed by atoms with E-state index in [4.69, 9.17) is 4.74 Å². The normalized spacial score (nSPS) is 36.2. The van der Waals surface area contributed by atoms with E-state index in [1.165, 1.54) is 22.6 Å². The van der Waals surface area contributed by atoms with Gasteiger partial charge >= 0.3 is 18.3 Å². The summed E-state index contributed by atoms with van der Waals surface area (Å²) in [5.41, 5.74) is -3.80. The summed E-state index contributed by atoms with van der Waals surface area (Å²) in [6.07, 6.45) is -12.0. The van der Waals surface area contributed by atoms with Gasteiger partial charge in [-0.2, -0.15) is 26.3 Å². The quantitative estimate of drug-likeness (QED) is 0.304. The summed E-state index contributed by atoms with van der Waals surface area (Å²) in [5.74, 6) is -2.36. The molecule has 0 amide bonds. The van der Waals surface area contributed by atoms with E-state index < -0.39 is 45.8 Å². The summed E-state index contributed by atoms with van der Waals surface area (Å²) < 4.78 is 82.3. The number of quaternary nitrogens is 1. The molecule has 2 bridgehead atoms. The van der Waals surface area contributed by atoms with E-state index >= 15 is 0 Å². The summed E-state index contributed by atoms with van der Waals surface area (Å²) in [7, 11) is 0. The fraction of sp³-hybridized carbons (Fsp3) is 0.900. The van der Waals surface area contributed by atoms with Crippen LogP contribution in [0.1, 0.15) is 13.3 Å². The molecular weight excluding hydrogens is 407 g/mol. The Kier molecular flexibility index (Phi) is 3.72. The largest absolute Gasteiger partial charge is 0.455 e. The van der Waals surface area contributed by atoms with Gasteiger partial charge in [0.15, 0.2) is 6.10 Å². The van der Waals surface area contributed by atoms with Gasteiger partial charge in [-0.05, 0) is 0 Å². The molecule has 0 aromatic carbocycles. The number of nitrogens with two attached hydrogens (primary N) is 1. The van der Waals surface area contributed by atoms with Crippen LogP contribution in [-0.2, 0) is 9.53 Å². The van der Waals surface area contributed by atoms with E-state index in [1.54, 1.807) is 0 Å². The third-order valence-corrected chi connectivity index (χ3v) is 5.53. The molecule has 0 aromatic heterocycles. The SMILES string of the molecule is CC(=O)OC1C2CC(C1I)C(C(F)(F)F)(C(F)(F)F)[NH2+]2. The monoisotopic (exact) mass is 418 g/mol. The zero-order valence-electron chi connectivity index (χ0n) is 10.1. The topological polar surface area (TPSA) is 42.9 Å². The first-order chi connectivity index (χ1) is 8.92. The van der Waals surface area contributed by atoms with Crippen molar-refractivity contribution in [3.05, 3.63) is 0 Å². The molecule has 4 atom stereocenters. The molecule has 0 aromatic rings. The third-order valence-electron chi connectivity index (χ3n) is 3.95. The van der Waals surface area contributed by atoms with Gasteiger partial charge in [-0.1, -0.05) is 22.6 Å². The number of carbonyl (C=O) groups excluding carboxylic acids is 1. The van der Waals surface area contributed by atoms with Crippen LogP contribution >= 0.6 is 22.6 Å². The van der Waals surface area contributed by atoms with Crippen molar-refractivity contribution in [2.24, 2.45) is 5.92 Å². The van der Waals surface area contributed by atoms with Crippen LogP contribution in [0.3, 0.4) is 0 Å². The lowest BCUT2D eigenvalue weighted by atomic mass is 9.82. The van der Waals surface area contributed by atoms with Crippen molar-refractivity contribution in [3.8, 4) is 0 Å². The predicted octanol–water partition coefficient (Wildman–Crippen LogP) is 1.55. The van der Waals surface area contributed by atoms with E-state index in [1.807, 2.05) is 0 Å². The first-order valence-electron chi connectivity index (χ1n) is 5.72. The number of hydrogen-bond acceptors (Lipinski definition) is 2. The maximum atomic E-state index is 13.1. The molecule has 1 heterocycles. The zero-order chi connectivity index (χ0) is 15.5. The fourth-order valence-electron chi connectivity index (χ4n) is 3.20. The van der Waals surface area contributed by atoms with Gasteiger partial charge in [0.05, 0.1) is 9.84 Å². The van der Waals surface area contributed by atoms with E-state index in [-0.39, 0.29) is 6.42 Å². The second-order valence-electron chi connectivity index (χ2n) is 5.06. The molecular formula is C10H11F6INO2+. The maximum absolute atomic E-state index is 13.1.